The minimum atomic E-state index is -0.259. The molecule has 1 heterocycles. The minimum Gasteiger partial charge on any atom is -0.352 e. The molecule has 1 aromatic heterocycles. The van der Waals surface area contributed by atoms with Crippen molar-refractivity contribution >= 4 is 23.2 Å². The topological polar surface area (TPSA) is 71.1 Å². The molecule has 0 atom stereocenters. The van der Waals surface area contributed by atoms with Gasteiger partial charge in [0.15, 0.2) is 0 Å². The largest absolute Gasteiger partial charge is 0.352 e. The first kappa shape index (κ1) is 14.7. The molecule has 6 heteroatoms. The summed E-state index contributed by atoms with van der Waals surface area (Å²) >= 11 is 1.70. The number of thiazole rings is 1. The van der Waals surface area contributed by atoms with Crippen LogP contribution in [0.3, 0.4) is 0 Å². The second-order valence-corrected chi connectivity index (χ2v) is 5.87. The van der Waals surface area contributed by atoms with Crippen LogP contribution in [-0.2, 0) is 29.0 Å². The zero-order valence-corrected chi connectivity index (χ0v) is 12.2. The fraction of sp³-hybridized carbons (Fsp3) is 0.500. The summed E-state index contributed by atoms with van der Waals surface area (Å²) in [5.74, 6) is -0.340. The summed E-state index contributed by atoms with van der Waals surface area (Å²) in [5, 5.41) is 6.37. The Morgan fingerprint density at radius 3 is 2.85 bits per heavy atom. The van der Waals surface area contributed by atoms with Crippen molar-refractivity contribution in [2.45, 2.75) is 38.6 Å². The van der Waals surface area contributed by atoms with Crippen LogP contribution >= 0.6 is 11.3 Å². The highest BCUT2D eigenvalue weighted by Crippen LogP contribution is 2.26. The van der Waals surface area contributed by atoms with Crippen molar-refractivity contribution in [2.75, 3.05) is 6.54 Å². The Hall–Kier alpha value is -1.69. The van der Waals surface area contributed by atoms with Crippen LogP contribution in [-0.4, -0.2) is 23.3 Å². The molecule has 1 aromatic rings. The number of hydrogen-bond acceptors (Lipinski definition) is 4. The van der Waals surface area contributed by atoms with Crippen molar-refractivity contribution in [1.82, 2.24) is 15.6 Å². The number of fused-ring (bicyclic) bond motifs is 1. The molecule has 0 spiro atoms. The summed E-state index contributed by atoms with van der Waals surface area (Å²) in [5.41, 5.74) is 1.21. The van der Waals surface area contributed by atoms with E-state index < -0.39 is 0 Å². The predicted octanol–water partition coefficient (Wildman–Crippen LogP) is 1.33. The van der Waals surface area contributed by atoms with Crippen LogP contribution in [0.2, 0.25) is 0 Å². The lowest BCUT2D eigenvalue weighted by molar-refractivity contribution is -0.121. The van der Waals surface area contributed by atoms with Crippen LogP contribution < -0.4 is 10.6 Å². The van der Waals surface area contributed by atoms with E-state index in [0.29, 0.717) is 13.1 Å². The summed E-state index contributed by atoms with van der Waals surface area (Å²) < 4.78 is 0. The molecule has 0 aliphatic heterocycles. The molecule has 0 bridgehead atoms. The van der Waals surface area contributed by atoms with Gasteiger partial charge in [-0.05, 0) is 31.8 Å². The van der Waals surface area contributed by atoms with E-state index in [1.54, 1.807) is 11.3 Å². The third-order valence-electron chi connectivity index (χ3n) is 3.16. The van der Waals surface area contributed by atoms with Gasteiger partial charge in [0.2, 0.25) is 11.8 Å². The van der Waals surface area contributed by atoms with Crippen molar-refractivity contribution in [3.05, 3.63) is 28.2 Å². The van der Waals surface area contributed by atoms with Crippen LogP contribution in [0.15, 0.2) is 12.7 Å². The number of nitrogens with one attached hydrogen (secondary N) is 2. The van der Waals surface area contributed by atoms with E-state index >= 15 is 0 Å². The smallest absolute Gasteiger partial charge is 0.243 e. The van der Waals surface area contributed by atoms with Gasteiger partial charge >= 0.3 is 0 Å². The van der Waals surface area contributed by atoms with Gasteiger partial charge < -0.3 is 10.6 Å². The van der Waals surface area contributed by atoms with Crippen molar-refractivity contribution in [2.24, 2.45) is 0 Å². The molecule has 0 radical (unpaired) electrons. The molecule has 0 saturated carbocycles. The molecule has 0 unspecified atom stereocenters. The van der Waals surface area contributed by atoms with Gasteiger partial charge in [-0.25, -0.2) is 4.98 Å². The number of carbonyl (C=O) groups is 2. The van der Waals surface area contributed by atoms with Crippen molar-refractivity contribution < 1.29 is 9.59 Å². The van der Waals surface area contributed by atoms with Gasteiger partial charge in [0.1, 0.15) is 5.01 Å². The summed E-state index contributed by atoms with van der Waals surface area (Å²) in [4.78, 5) is 28.5. The third kappa shape index (κ3) is 4.16. The van der Waals surface area contributed by atoms with Crippen molar-refractivity contribution in [1.29, 1.82) is 0 Å². The van der Waals surface area contributed by atoms with E-state index in [0.717, 1.165) is 17.8 Å². The van der Waals surface area contributed by atoms with Gasteiger partial charge in [-0.2, -0.15) is 0 Å². The lowest BCUT2D eigenvalue weighted by atomic mass is 10.0. The summed E-state index contributed by atoms with van der Waals surface area (Å²) in [6.45, 7) is 4.15. The van der Waals surface area contributed by atoms with E-state index in [1.807, 2.05) is 0 Å². The van der Waals surface area contributed by atoms with Crippen molar-refractivity contribution in [3.8, 4) is 0 Å². The standard InChI is InChI=1S/C14H19N3O2S/c1-2-12(18)15-8-7-13(19)16-9-14-17-10-5-3-4-6-11(10)20-14/h2H,1,3-9H2,(H,15,18)(H,16,19). The first-order chi connectivity index (χ1) is 9.69. The number of aromatic nitrogens is 1. The van der Waals surface area contributed by atoms with Gasteiger partial charge in [0, 0.05) is 17.8 Å². The molecule has 2 rings (SSSR count). The molecule has 0 fully saturated rings. The predicted molar refractivity (Wildman–Crippen MR) is 78.4 cm³/mol. The number of carbonyl (C=O) groups excluding carboxylic acids is 2. The highest BCUT2D eigenvalue weighted by molar-refractivity contribution is 7.11. The number of nitrogens with zero attached hydrogens (tertiary/aromatic N) is 1. The normalized spacial score (nSPS) is 13.4. The maximum Gasteiger partial charge on any atom is 0.243 e. The van der Waals surface area contributed by atoms with Gasteiger partial charge in [-0.15, -0.1) is 11.3 Å². The molecule has 1 aliphatic carbocycles. The van der Waals surface area contributed by atoms with E-state index in [9.17, 15) is 9.59 Å². The molecular formula is C14H19N3O2S. The highest BCUT2D eigenvalue weighted by atomic mass is 32.1. The monoisotopic (exact) mass is 293 g/mol. The Labute approximate surface area is 122 Å². The Kier molecular flexibility index (Phi) is 5.29. The van der Waals surface area contributed by atoms with E-state index in [2.05, 4.69) is 22.2 Å². The van der Waals surface area contributed by atoms with Gasteiger partial charge in [-0.3, -0.25) is 9.59 Å². The quantitative estimate of drug-likeness (QED) is 0.777. The Balaban J connectivity index is 1.71. The minimum absolute atomic E-state index is 0.0810. The van der Waals surface area contributed by atoms with Crippen molar-refractivity contribution in [3.63, 3.8) is 0 Å². The zero-order valence-electron chi connectivity index (χ0n) is 11.4. The number of amides is 2. The molecule has 2 amide bonds. The Morgan fingerprint density at radius 2 is 2.10 bits per heavy atom. The van der Waals surface area contributed by atoms with E-state index in [1.165, 1.54) is 29.5 Å². The SMILES string of the molecule is C=CC(=O)NCCC(=O)NCc1nc2c(s1)CCCC2. The number of rotatable bonds is 6. The van der Waals surface area contributed by atoms with Crippen LogP contribution in [0.4, 0.5) is 0 Å². The second kappa shape index (κ2) is 7.19. The molecule has 0 saturated heterocycles. The average Bonchev–Trinajstić information content (AvgIpc) is 2.87. The van der Waals surface area contributed by atoms with Gasteiger partial charge in [0.05, 0.1) is 12.2 Å². The van der Waals surface area contributed by atoms with Gasteiger partial charge in [-0.1, -0.05) is 6.58 Å². The fourth-order valence-electron chi connectivity index (χ4n) is 2.12. The van der Waals surface area contributed by atoms with E-state index in [4.69, 9.17) is 0 Å². The first-order valence-corrected chi connectivity index (χ1v) is 7.65. The molecule has 2 N–H and O–H groups in total. The summed E-state index contributed by atoms with van der Waals surface area (Å²) in [7, 11) is 0. The highest BCUT2D eigenvalue weighted by Gasteiger charge is 2.15. The molecule has 1 aliphatic rings. The Bertz CT molecular complexity index is 487. The molecule has 20 heavy (non-hydrogen) atoms. The third-order valence-corrected chi connectivity index (χ3v) is 4.32. The first-order valence-electron chi connectivity index (χ1n) is 6.83. The van der Waals surface area contributed by atoms with Gasteiger partial charge in [0.25, 0.3) is 0 Å². The average molecular weight is 293 g/mol. The van der Waals surface area contributed by atoms with Crippen LogP contribution in [0.1, 0.15) is 34.8 Å². The molecule has 108 valence electrons. The zero-order chi connectivity index (χ0) is 14.4. The summed E-state index contributed by atoms with van der Waals surface area (Å²) in [6, 6.07) is 0. The van der Waals surface area contributed by atoms with Crippen LogP contribution in [0.5, 0.6) is 0 Å². The number of hydrogen-bond donors (Lipinski definition) is 2. The summed E-state index contributed by atoms with van der Waals surface area (Å²) in [6.07, 6.45) is 6.10. The Morgan fingerprint density at radius 1 is 1.30 bits per heavy atom. The maximum absolute atomic E-state index is 11.6. The molecular weight excluding hydrogens is 274 g/mol. The fourth-order valence-corrected chi connectivity index (χ4v) is 3.21. The molecule has 0 aromatic carbocycles. The maximum atomic E-state index is 11.6. The van der Waals surface area contributed by atoms with E-state index in [-0.39, 0.29) is 18.2 Å². The molecule has 5 nitrogen and oxygen atoms in total. The van der Waals surface area contributed by atoms with Crippen LogP contribution in [0, 0.1) is 0 Å². The van der Waals surface area contributed by atoms with Crippen LogP contribution in [0.25, 0.3) is 0 Å². The lowest BCUT2D eigenvalue weighted by Crippen LogP contribution is -2.29. The lowest BCUT2D eigenvalue weighted by Gasteiger charge is -2.06. The second-order valence-electron chi connectivity index (χ2n) is 4.71. The number of aryl methyl sites for hydroxylation is 2.